The number of halogens is 1. The van der Waals surface area contributed by atoms with Crippen molar-refractivity contribution in [2.24, 2.45) is 0 Å². The first-order chi connectivity index (χ1) is 8.60. The number of carbonyl (C=O) groups is 1. The molecule has 0 radical (unpaired) electrons. The van der Waals surface area contributed by atoms with Gasteiger partial charge in [-0.1, -0.05) is 6.07 Å². The fraction of sp³-hybridized carbons (Fsp3) is 0.133. The summed E-state index contributed by atoms with van der Waals surface area (Å²) in [5, 5.41) is 0. The predicted molar refractivity (Wildman–Crippen MR) is 67.8 cm³/mol. The molecule has 3 heteroatoms. The van der Waals surface area contributed by atoms with Gasteiger partial charge in [-0.15, -0.1) is 0 Å². The van der Waals surface area contributed by atoms with E-state index in [-0.39, 0.29) is 5.82 Å². The number of rotatable bonds is 3. The summed E-state index contributed by atoms with van der Waals surface area (Å²) in [6.07, 6.45) is 0.796. The fourth-order valence-corrected chi connectivity index (χ4v) is 1.62. The number of benzene rings is 2. The van der Waals surface area contributed by atoms with Crippen molar-refractivity contribution in [3.63, 3.8) is 0 Å². The molecule has 0 aromatic heterocycles. The highest BCUT2D eigenvalue weighted by Crippen LogP contribution is 2.24. The highest BCUT2D eigenvalue weighted by molar-refractivity contribution is 5.77. The summed E-state index contributed by atoms with van der Waals surface area (Å²) in [6.45, 7) is 3.52. The Morgan fingerprint density at radius 2 is 1.67 bits per heavy atom. The van der Waals surface area contributed by atoms with Crippen molar-refractivity contribution in [2.75, 3.05) is 0 Å². The normalized spacial score (nSPS) is 10.2. The van der Waals surface area contributed by atoms with Crippen molar-refractivity contribution in [2.45, 2.75) is 13.8 Å². The molecule has 2 aromatic rings. The van der Waals surface area contributed by atoms with E-state index < -0.39 is 0 Å². The molecular weight excluding hydrogens is 231 g/mol. The Morgan fingerprint density at radius 3 is 2.28 bits per heavy atom. The van der Waals surface area contributed by atoms with Gasteiger partial charge in [0.25, 0.3) is 0 Å². The van der Waals surface area contributed by atoms with E-state index in [1.54, 1.807) is 37.3 Å². The van der Waals surface area contributed by atoms with Gasteiger partial charge in [0.2, 0.25) is 0 Å². The van der Waals surface area contributed by atoms with Crippen LogP contribution in [0.25, 0.3) is 0 Å². The monoisotopic (exact) mass is 244 g/mol. The van der Waals surface area contributed by atoms with Gasteiger partial charge in [-0.3, -0.25) is 4.79 Å². The molecule has 0 aliphatic rings. The van der Waals surface area contributed by atoms with Gasteiger partial charge in [-0.2, -0.15) is 0 Å². The highest BCUT2D eigenvalue weighted by atomic mass is 19.1. The molecule has 2 aromatic carbocycles. The standard InChI is InChI=1S/C15H13FO2/c1-10-3-5-14(8-15(10)16)18-13-6-4-12(9-17)11(2)7-13/h3-9H,1-2H3. The average molecular weight is 244 g/mol. The van der Waals surface area contributed by atoms with Crippen LogP contribution in [0.15, 0.2) is 36.4 Å². The van der Waals surface area contributed by atoms with E-state index >= 15 is 0 Å². The van der Waals surface area contributed by atoms with E-state index in [4.69, 9.17) is 4.74 Å². The zero-order valence-corrected chi connectivity index (χ0v) is 10.2. The molecule has 0 fully saturated rings. The number of carbonyl (C=O) groups excluding carboxylic acids is 1. The summed E-state index contributed by atoms with van der Waals surface area (Å²) < 4.78 is 18.9. The first-order valence-electron chi connectivity index (χ1n) is 5.60. The van der Waals surface area contributed by atoms with E-state index in [9.17, 15) is 9.18 Å². The molecule has 0 aliphatic heterocycles. The highest BCUT2D eigenvalue weighted by Gasteiger charge is 2.03. The zero-order valence-electron chi connectivity index (χ0n) is 10.2. The minimum atomic E-state index is -0.297. The third kappa shape index (κ3) is 2.56. The lowest BCUT2D eigenvalue weighted by molar-refractivity contribution is 0.112. The molecule has 0 atom stereocenters. The third-order valence-corrected chi connectivity index (χ3v) is 2.75. The third-order valence-electron chi connectivity index (χ3n) is 2.75. The van der Waals surface area contributed by atoms with Gasteiger partial charge in [0.05, 0.1) is 0 Å². The maximum Gasteiger partial charge on any atom is 0.150 e. The van der Waals surface area contributed by atoms with E-state index in [0.29, 0.717) is 22.6 Å². The molecule has 0 saturated carbocycles. The van der Waals surface area contributed by atoms with Crippen molar-refractivity contribution >= 4 is 6.29 Å². The van der Waals surface area contributed by atoms with Crippen LogP contribution in [0.1, 0.15) is 21.5 Å². The minimum absolute atomic E-state index is 0.297. The largest absolute Gasteiger partial charge is 0.457 e. The quantitative estimate of drug-likeness (QED) is 0.761. The minimum Gasteiger partial charge on any atom is -0.457 e. The van der Waals surface area contributed by atoms with Crippen LogP contribution in [-0.2, 0) is 0 Å². The molecule has 0 heterocycles. The van der Waals surface area contributed by atoms with Crippen molar-refractivity contribution in [3.8, 4) is 11.5 Å². The van der Waals surface area contributed by atoms with Crippen molar-refractivity contribution < 1.29 is 13.9 Å². The second-order valence-electron chi connectivity index (χ2n) is 4.15. The number of ether oxygens (including phenoxy) is 1. The summed E-state index contributed by atoms with van der Waals surface area (Å²) in [6, 6.07) is 9.84. The lowest BCUT2D eigenvalue weighted by atomic mass is 10.1. The summed E-state index contributed by atoms with van der Waals surface area (Å²) in [5.41, 5.74) is 2.03. The van der Waals surface area contributed by atoms with Crippen LogP contribution in [0.4, 0.5) is 4.39 Å². The van der Waals surface area contributed by atoms with Crippen molar-refractivity contribution in [1.29, 1.82) is 0 Å². The molecule has 0 saturated heterocycles. The second-order valence-corrected chi connectivity index (χ2v) is 4.15. The van der Waals surface area contributed by atoms with Crippen LogP contribution in [-0.4, -0.2) is 6.29 Å². The molecule has 0 unspecified atom stereocenters. The molecule has 2 rings (SSSR count). The SMILES string of the molecule is Cc1ccc(Oc2ccc(C=O)c(C)c2)cc1F. The Balaban J connectivity index is 2.25. The molecule has 0 amide bonds. The molecule has 2 nitrogen and oxygen atoms in total. The van der Waals surface area contributed by atoms with Gasteiger partial charge in [-0.25, -0.2) is 4.39 Å². The number of aldehydes is 1. The van der Waals surface area contributed by atoms with Crippen LogP contribution < -0.4 is 4.74 Å². The first kappa shape index (κ1) is 12.3. The Hall–Kier alpha value is -2.16. The van der Waals surface area contributed by atoms with Gasteiger partial charge >= 0.3 is 0 Å². The average Bonchev–Trinajstić information content (AvgIpc) is 2.34. The molecular formula is C15H13FO2. The molecule has 0 N–H and O–H groups in total. The van der Waals surface area contributed by atoms with Crippen LogP contribution in [0.5, 0.6) is 11.5 Å². The molecule has 92 valence electrons. The van der Waals surface area contributed by atoms with E-state index in [1.807, 2.05) is 6.92 Å². The fourth-order valence-electron chi connectivity index (χ4n) is 1.62. The zero-order chi connectivity index (χ0) is 13.1. The van der Waals surface area contributed by atoms with E-state index in [1.165, 1.54) is 6.07 Å². The smallest absolute Gasteiger partial charge is 0.150 e. The molecule has 0 aliphatic carbocycles. The molecule has 18 heavy (non-hydrogen) atoms. The Bertz CT molecular complexity index is 591. The van der Waals surface area contributed by atoms with Gasteiger partial charge in [0.1, 0.15) is 23.6 Å². The number of aryl methyl sites for hydroxylation is 2. The van der Waals surface area contributed by atoms with Crippen LogP contribution >= 0.6 is 0 Å². The lowest BCUT2D eigenvalue weighted by Gasteiger charge is -2.08. The van der Waals surface area contributed by atoms with Gasteiger partial charge < -0.3 is 4.74 Å². The summed E-state index contributed by atoms with van der Waals surface area (Å²) >= 11 is 0. The maximum atomic E-state index is 13.4. The van der Waals surface area contributed by atoms with Crippen molar-refractivity contribution in [3.05, 3.63) is 58.9 Å². The van der Waals surface area contributed by atoms with Crippen LogP contribution in [0.2, 0.25) is 0 Å². The molecule has 0 bridgehead atoms. The summed E-state index contributed by atoms with van der Waals surface area (Å²) in [7, 11) is 0. The van der Waals surface area contributed by atoms with E-state index in [2.05, 4.69) is 0 Å². The number of hydrogen-bond acceptors (Lipinski definition) is 2. The summed E-state index contributed by atoms with van der Waals surface area (Å²) in [4.78, 5) is 10.7. The van der Waals surface area contributed by atoms with Gasteiger partial charge in [-0.05, 0) is 49.2 Å². The van der Waals surface area contributed by atoms with Crippen LogP contribution in [0, 0.1) is 19.7 Å². The Labute approximate surface area is 105 Å². The van der Waals surface area contributed by atoms with Gasteiger partial charge in [0, 0.05) is 11.6 Å². The predicted octanol–water partition coefficient (Wildman–Crippen LogP) is 4.05. The number of hydrogen-bond donors (Lipinski definition) is 0. The van der Waals surface area contributed by atoms with E-state index in [0.717, 1.165) is 11.8 Å². The van der Waals surface area contributed by atoms with Crippen molar-refractivity contribution in [1.82, 2.24) is 0 Å². The summed E-state index contributed by atoms with van der Waals surface area (Å²) in [5.74, 6) is 0.728. The lowest BCUT2D eigenvalue weighted by Crippen LogP contribution is -1.90. The first-order valence-corrected chi connectivity index (χ1v) is 5.60. The van der Waals surface area contributed by atoms with Crippen LogP contribution in [0.3, 0.4) is 0 Å². The Morgan fingerprint density at radius 1 is 1.00 bits per heavy atom. The Kier molecular flexibility index (Phi) is 3.42. The topological polar surface area (TPSA) is 26.3 Å². The molecule has 0 spiro atoms. The second kappa shape index (κ2) is 5.00. The maximum absolute atomic E-state index is 13.4. The van der Waals surface area contributed by atoms with Gasteiger partial charge in [0.15, 0.2) is 0 Å².